The summed E-state index contributed by atoms with van der Waals surface area (Å²) in [7, 11) is 0. The second-order valence-corrected chi connectivity index (χ2v) is 3.21. The Morgan fingerprint density at radius 2 is 2.20 bits per heavy atom. The van der Waals surface area contributed by atoms with Crippen LogP contribution in [0.4, 0.5) is 0 Å². The molecular weight excluding hydrogens is 128 g/mol. The number of aliphatic hydroxyl groups is 1. The van der Waals surface area contributed by atoms with Crippen LogP contribution in [0.15, 0.2) is 12.3 Å². The summed E-state index contributed by atoms with van der Waals surface area (Å²) in [5.41, 5.74) is 0. The molecule has 2 fully saturated rings. The highest BCUT2D eigenvalue weighted by Gasteiger charge is 2.44. The number of ether oxygens (including phenoxy) is 1. The third kappa shape index (κ3) is 0.926. The molecule has 0 spiro atoms. The molecule has 0 aromatic carbocycles. The highest BCUT2D eigenvalue weighted by molar-refractivity contribution is 5.00. The maximum Gasteiger partial charge on any atom is 0.0882 e. The van der Waals surface area contributed by atoms with Crippen LogP contribution >= 0.6 is 0 Å². The molecule has 0 bridgehead atoms. The molecule has 1 heterocycles. The second kappa shape index (κ2) is 1.99. The van der Waals surface area contributed by atoms with Gasteiger partial charge in [-0.2, -0.15) is 0 Å². The zero-order valence-electron chi connectivity index (χ0n) is 5.92. The van der Waals surface area contributed by atoms with Crippen LogP contribution in [0.25, 0.3) is 0 Å². The van der Waals surface area contributed by atoms with Gasteiger partial charge in [-0.15, -0.1) is 0 Å². The van der Waals surface area contributed by atoms with Crippen molar-refractivity contribution < 1.29 is 9.84 Å². The molecule has 2 nitrogen and oxygen atoms in total. The predicted octanol–water partition coefficient (Wildman–Crippen LogP) is 1.63. The van der Waals surface area contributed by atoms with Crippen LogP contribution in [-0.2, 0) is 4.74 Å². The molecule has 2 rings (SSSR count). The molecular formula is C8H12O2. The van der Waals surface area contributed by atoms with Gasteiger partial charge in [0.1, 0.15) is 0 Å². The Labute approximate surface area is 60.5 Å². The van der Waals surface area contributed by atoms with Crippen LogP contribution in [0.3, 0.4) is 0 Å². The molecule has 0 aromatic heterocycles. The van der Waals surface area contributed by atoms with Crippen molar-refractivity contribution in [3.63, 3.8) is 0 Å². The fraction of sp³-hybridized carbons (Fsp3) is 0.750. The lowest BCUT2D eigenvalue weighted by Crippen LogP contribution is -2.14. The molecule has 1 aliphatic carbocycles. The van der Waals surface area contributed by atoms with Crippen molar-refractivity contribution in [1.82, 2.24) is 0 Å². The first-order valence-electron chi connectivity index (χ1n) is 3.80. The largest absolute Gasteiger partial charge is 0.513 e. The molecule has 1 aliphatic heterocycles. The summed E-state index contributed by atoms with van der Waals surface area (Å²) < 4.78 is 5.31. The van der Waals surface area contributed by atoms with Crippen LogP contribution in [0.5, 0.6) is 0 Å². The quantitative estimate of drug-likeness (QED) is 0.443. The third-order valence-corrected chi connectivity index (χ3v) is 2.48. The average molecular weight is 140 g/mol. The molecule has 1 saturated heterocycles. The topological polar surface area (TPSA) is 32.8 Å². The van der Waals surface area contributed by atoms with Gasteiger partial charge in [0.15, 0.2) is 0 Å². The Balaban J connectivity index is 1.94. The van der Waals surface area contributed by atoms with E-state index >= 15 is 0 Å². The van der Waals surface area contributed by atoms with Gasteiger partial charge in [0.2, 0.25) is 0 Å². The average Bonchev–Trinajstić information content (AvgIpc) is 2.63. The summed E-state index contributed by atoms with van der Waals surface area (Å²) >= 11 is 0. The lowest BCUT2D eigenvalue weighted by atomic mass is 9.88. The zero-order chi connectivity index (χ0) is 7.14. The van der Waals surface area contributed by atoms with E-state index in [0.717, 1.165) is 19.3 Å². The van der Waals surface area contributed by atoms with E-state index < -0.39 is 0 Å². The Morgan fingerprint density at radius 3 is 2.80 bits per heavy atom. The summed E-state index contributed by atoms with van der Waals surface area (Å²) in [6, 6.07) is 0. The number of fused-ring (bicyclic) bond motifs is 1. The van der Waals surface area contributed by atoms with Crippen molar-refractivity contribution in [2.24, 2.45) is 5.92 Å². The Bertz CT molecular complexity index is 165. The number of epoxide rings is 1. The number of hydrogen-bond donors (Lipinski definition) is 1. The predicted molar refractivity (Wildman–Crippen MR) is 37.8 cm³/mol. The molecule has 2 heteroatoms. The van der Waals surface area contributed by atoms with Crippen LogP contribution in [0.2, 0.25) is 0 Å². The Kier molecular flexibility index (Phi) is 1.24. The summed E-state index contributed by atoms with van der Waals surface area (Å²) in [5.74, 6) is 0.651. The van der Waals surface area contributed by atoms with E-state index in [-0.39, 0.29) is 0 Å². The molecule has 0 aromatic rings. The van der Waals surface area contributed by atoms with Gasteiger partial charge in [-0.1, -0.05) is 6.58 Å². The van der Waals surface area contributed by atoms with Crippen molar-refractivity contribution in [2.45, 2.75) is 31.5 Å². The van der Waals surface area contributed by atoms with E-state index in [0.29, 0.717) is 23.9 Å². The normalized spacial score (nSPS) is 44.2. The van der Waals surface area contributed by atoms with Crippen molar-refractivity contribution in [3.8, 4) is 0 Å². The minimum atomic E-state index is 0.309. The molecule has 1 saturated carbocycles. The van der Waals surface area contributed by atoms with Gasteiger partial charge in [0.05, 0.1) is 18.0 Å². The first-order valence-corrected chi connectivity index (χ1v) is 3.80. The number of hydrogen-bond acceptors (Lipinski definition) is 2. The summed E-state index contributed by atoms with van der Waals surface area (Å²) in [5, 5.41) is 9.06. The van der Waals surface area contributed by atoms with Crippen molar-refractivity contribution in [3.05, 3.63) is 12.3 Å². The summed E-state index contributed by atoms with van der Waals surface area (Å²) in [4.78, 5) is 0. The van der Waals surface area contributed by atoms with Gasteiger partial charge in [-0.25, -0.2) is 0 Å². The van der Waals surface area contributed by atoms with Crippen LogP contribution in [0.1, 0.15) is 19.3 Å². The molecule has 0 amide bonds. The fourth-order valence-electron chi connectivity index (χ4n) is 1.71. The van der Waals surface area contributed by atoms with E-state index in [1.165, 1.54) is 0 Å². The molecule has 3 unspecified atom stereocenters. The third-order valence-electron chi connectivity index (χ3n) is 2.48. The van der Waals surface area contributed by atoms with Crippen molar-refractivity contribution in [2.75, 3.05) is 0 Å². The van der Waals surface area contributed by atoms with E-state index in [2.05, 4.69) is 6.58 Å². The van der Waals surface area contributed by atoms with Gasteiger partial charge in [-0.3, -0.25) is 0 Å². The van der Waals surface area contributed by atoms with E-state index in [4.69, 9.17) is 9.84 Å². The highest BCUT2D eigenvalue weighted by atomic mass is 16.6. The Hall–Kier alpha value is -0.500. The summed E-state index contributed by atoms with van der Waals surface area (Å²) in [6.45, 7) is 3.53. The van der Waals surface area contributed by atoms with Gasteiger partial charge in [-0.05, 0) is 19.3 Å². The van der Waals surface area contributed by atoms with E-state index in [1.807, 2.05) is 0 Å². The number of aliphatic hydroxyl groups excluding tert-OH is 1. The van der Waals surface area contributed by atoms with Gasteiger partial charge in [0.25, 0.3) is 0 Å². The van der Waals surface area contributed by atoms with Gasteiger partial charge in [0, 0.05) is 5.92 Å². The number of allylic oxidation sites excluding steroid dienone is 1. The lowest BCUT2D eigenvalue weighted by Gasteiger charge is -2.16. The van der Waals surface area contributed by atoms with Crippen molar-refractivity contribution in [1.29, 1.82) is 0 Å². The summed E-state index contributed by atoms with van der Waals surface area (Å²) in [6.07, 6.45) is 4.11. The van der Waals surface area contributed by atoms with Crippen LogP contribution < -0.4 is 0 Å². The SMILES string of the molecule is C=C(O)C1CCC2OC2C1. The first-order chi connectivity index (χ1) is 4.77. The van der Waals surface area contributed by atoms with Crippen molar-refractivity contribution >= 4 is 0 Å². The lowest BCUT2D eigenvalue weighted by molar-refractivity contribution is 0.289. The molecule has 1 N–H and O–H groups in total. The minimum absolute atomic E-state index is 0.309. The number of rotatable bonds is 1. The van der Waals surface area contributed by atoms with Gasteiger partial charge >= 0.3 is 0 Å². The van der Waals surface area contributed by atoms with Crippen LogP contribution in [0, 0.1) is 5.92 Å². The fourth-order valence-corrected chi connectivity index (χ4v) is 1.71. The smallest absolute Gasteiger partial charge is 0.0882 e. The minimum Gasteiger partial charge on any atom is -0.513 e. The molecule has 56 valence electrons. The maximum atomic E-state index is 9.06. The molecule has 3 atom stereocenters. The monoisotopic (exact) mass is 140 g/mol. The van der Waals surface area contributed by atoms with Gasteiger partial charge < -0.3 is 9.84 Å². The standard InChI is InChI=1S/C8H12O2/c1-5(9)6-2-3-7-8(4-6)10-7/h6-9H,1-4H2. The second-order valence-electron chi connectivity index (χ2n) is 3.21. The maximum absolute atomic E-state index is 9.06. The zero-order valence-corrected chi connectivity index (χ0v) is 5.92. The highest BCUT2D eigenvalue weighted by Crippen LogP contribution is 2.40. The first kappa shape index (κ1) is 6.23. The molecule has 0 radical (unpaired) electrons. The van der Waals surface area contributed by atoms with E-state index in [1.54, 1.807) is 0 Å². The van der Waals surface area contributed by atoms with E-state index in [9.17, 15) is 0 Å². The van der Waals surface area contributed by atoms with Crippen LogP contribution in [-0.4, -0.2) is 17.3 Å². The molecule has 10 heavy (non-hydrogen) atoms. The Morgan fingerprint density at radius 1 is 1.40 bits per heavy atom. The molecule has 2 aliphatic rings.